The molecule has 2 aromatic carbocycles. The van der Waals surface area contributed by atoms with Gasteiger partial charge in [-0.15, -0.1) is 0 Å². The summed E-state index contributed by atoms with van der Waals surface area (Å²) in [6.07, 6.45) is 1.35. The zero-order valence-corrected chi connectivity index (χ0v) is 13.3. The zero-order chi connectivity index (χ0) is 17.8. The highest BCUT2D eigenvalue weighted by Gasteiger charge is 2.09. The Bertz CT molecular complexity index is 939. The van der Waals surface area contributed by atoms with Crippen LogP contribution in [0.5, 0.6) is 5.75 Å². The lowest BCUT2D eigenvalue weighted by atomic mass is 10.1. The Morgan fingerprint density at radius 2 is 1.76 bits per heavy atom. The predicted molar refractivity (Wildman–Crippen MR) is 91.9 cm³/mol. The summed E-state index contributed by atoms with van der Waals surface area (Å²) in [6.45, 7) is 0. The van der Waals surface area contributed by atoms with E-state index >= 15 is 0 Å². The Morgan fingerprint density at radius 3 is 2.44 bits per heavy atom. The third-order valence-electron chi connectivity index (χ3n) is 3.66. The number of amides is 2. The number of hydroxylamine groups is 1. The molecular formula is C18H15N3O4. The van der Waals surface area contributed by atoms with Gasteiger partial charge < -0.3 is 10.1 Å². The SMILES string of the molecule is COc1ccc(C(=O)Nc2ccc3cc(C(=O)NO)cnc3c2)cc1. The first-order valence-electron chi connectivity index (χ1n) is 7.40. The van der Waals surface area contributed by atoms with Gasteiger partial charge in [-0.2, -0.15) is 0 Å². The van der Waals surface area contributed by atoms with Crippen molar-refractivity contribution in [3.63, 3.8) is 0 Å². The van der Waals surface area contributed by atoms with Crippen molar-refractivity contribution in [1.29, 1.82) is 0 Å². The van der Waals surface area contributed by atoms with E-state index in [0.717, 1.165) is 0 Å². The first-order valence-corrected chi connectivity index (χ1v) is 7.40. The van der Waals surface area contributed by atoms with E-state index in [1.807, 2.05) is 0 Å². The molecule has 126 valence electrons. The number of carbonyl (C=O) groups is 2. The largest absolute Gasteiger partial charge is 0.497 e. The van der Waals surface area contributed by atoms with E-state index in [0.29, 0.717) is 27.9 Å². The Morgan fingerprint density at radius 1 is 1.00 bits per heavy atom. The molecule has 0 aliphatic rings. The van der Waals surface area contributed by atoms with Crippen LogP contribution in [-0.4, -0.2) is 29.1 Å². The summed E-state index contributed by atoms with van der Waals surface area (Å²) in [6, 6.07) is 13.5. The number of nitrogens with one attached hydrogen (secondary N) is 2. The maximum absolute atomic E-state index is 12.3. The molecule has 0 radical (unpaired) electrons. The molecule has 0 bridgehead atoms. The number of carbonyl (C=O) groups excluding carboxylic acids is 2. The number of anilines is 1. The Labute approximate surface area is 143 Å². The number of nitrogens with zero attached hydrogens (tertiary/aromatic N) is 1. The van der Waals surface area contributed by atoms with Gasteiger partial charge in [0.2, 0.25) is 0 Å². The van der Waals surface area contributed by atoms with Crippen LogP contribution in [0.1, 0.15) is 20.7 Å². The first kappa shape index (κ1) is 16.4. The van der Waals surface area contributed by atoms with Crippen LogP contribution in [0.3, 0.4) is 0 Å². The van der Waals surface area contributed by atoms with E-state index in [2.05, 4.69) is 10.3 Å². The molecule has 0 aliphatic heterocycles. The average Bonchev–Trinajstić information content (AvgIpc) is 2.67. The lowest BCUT2D eigenvalue weighted by molar-refractivity contribution is 0.0706. The lowest BCUT2D eigenvalue weighted by Gasteiger charge is -2.08. The maximum atomic E-state index is 12.3. The molecule has 0 unspecified atom stereocenters. The summed E-state index contributed by atoms with van der Waals surface area (Å²) in [5.41, 5.74) is 3.51. The first-order chi connectivity index (χ1) is 12.1. The molecule has 0 atom stereocenters. The molecule has 0 saturated heterocycles. The number of benzene rings is 2. The molecule has 0 spiro atoms. The summed E-state index contributed by atoms with van der Waals surface area (Å²) in [7, 11) is 1.56. The molecule has 0 aliphatic carbocycles. The molecule has 3 aromatic rings. The number of rotatable bonds is 4. The second-order valence-electron chi connectivity index (χ2n) is 5.26. The van der Waals surface area contributed by atoms with Crippen molar-refractivity contribution in [1.82, 2.24) is 10.5 Å². The highest BCUT2D eigenvalue weighted by molar-refractivity contribution is 6.05. The van der Waals surface area contributed by atoms with Crippen LogP contribution in [0.15, 0.2) is 54.7 Å². The maximum Gasteiger partial charge on any atom is 0.276 e. The fraction of sp³-hybridized carbons (Fsp3) is 0.0556. The van der Waals surface area contributed by atoms with Crippen LogP contribution in [0.4, 0.5) is 5.69 Å². The average molecular weight is 337 g/mol. The summed E-state index contributed by atoms with van der Waals surface area (Å²) in [5, 5.41) is 12.2. The molecule has 1 aromatic heterocycles. The van der Waals surface area contributed by atoms with Gasteiger partial charge in [-0.25, -0.2) is 5.48 Å². The molecule has 25 heavy (non-hydrogen) atoms. The van der Waals surface area contributed by atoms with Gasteiger partial charge in [-0.1, -0.05) is 6.07 Å². The Balaban J connectivity index is 1.81. The summed E-state index contributed by atoms with van der Waals surface area (Å²) in [5.74, 6) is -0.209. The Kier molecular flexibility index (Phi) is 4.58. The minimum absolute atomic E-state index is 0.241. The van der Waals surface area contributed by atoms with Crippen molar-refractivity contribution >= 4 is 28.4 Å². The number of hydrogen-bond acceptors (Lipinski definition) is 5. The second kappa shape index (κ2) is 6.98. The van der Waals surface area contributed by atoms with E-state index in [9.17, 15) is 9.59 Å². The van der Waals surface area contributed by atoms with Crippen molar-refractivity contribution in [3.8, 4) is 5.75 Å². The predicted octanol–water partition coefficient (Wildman–Crippen LogP) is 2.61. The number of pyridine rings is 1. The molecule has 0 fully saturated rings. The van der Waals surface area contributed by atoms with Crippen molar-refractivity contribution in [2.24, 2.45) is 0 Å². The summed E-state index contributed by atoms with van der Waals surface area (Å²) >= 11 is 0. The molecule has 0 saturated carbocycles. The smallest absolute Gasteiger partial charge is 0.276 e. The highest BCUT2D eigenvalue weighted by Crippen LogP contribution is 2.20. The zero-order valence-electron chi connectivity index (χ0n) is 13.3. The number of ether oxygens (including phenoxy) is 1. The van der Waals surface area contributed by atoms with Crippen molar-refractivity contribution < 1.29 is 19.5 Å². The standard InChI is InChI=1S/C18H15N3O4/c1-25-15-6-3-11(4-7-15)17(22)20-14-5-2-12-8-13(18(23)21-24)10-19-16(12)9-14/h2-10,24H,1H3,(H,20,22)(H,21,23). The van der Waals surface area contributed by atoms with Crippen LogP contribution in [0.2, 0.25) is 0 Å². The molecule has 7 nitrogen and oxygen atoms in total. The molecule has 1 heterocycles. The minimum atomic E-state index is -0.633. The molecular weight excluding hydrogens is 322 g/mol. The lowest BCUT2D eigenvalue weighted by Crippen LogP contribution is -2.18. The van der Waals surface area contributed by atoms with Gasteiger partial charge in [0, 0.05) is 22.8 Å². The molecule has 2 amide bonds. The van der Waals surface area contributed by atoms with Gasteiger partial charge in [-0.05, 0) is 42.5 Å². The van der Waals surface area contributed by atoms with Crippen LogP contribution < -0.4 is 15.5 Å². The Hall–Kier alpha value is -3.45. The van der Waals surface area contributed by atoms with Gasteiger partial charge in [0.1, 0.15) is 5.75 Å². The van der Waals surface area contributed by atoms with Gasteiger partial charge in [0.05, 0.1) is 18.2 Å². The number of hydrogen-bond donors (Lipinski definition) is 3. The monoisotopic (exact) mass is 337 g/mol. The highest BCUT2D eigenvalue weighted by atomic mass is 16.5. The number of methoxy groups -OCH3 is 1. The van der Waals surface area contributed by atoms with Crippen molar-refractivity contribution in [2.75, 3.05) is 12.4 Å². The van der Waals surface area contributed by atoms with Gasteiger partial charge in [0.25, 0.3) is 11.8 Å². The fourth-order valence-corrected chi connectivity index (χ4v) is 2.33. The summed E-state index contributed by atoms with van der Waals surface area (Å²) < 4.78 is 5.07. The van der Waals surface area contributed by atoms with E-state index in [4.69, 9.17) is 9.94 Å². The quantitative estimate of drug-likeness (QED) is 0.502. The fourth-order valence-electron chi connectivity index (χ4n) is 2.33. The topological polar surface area (TPSA) is 101 Å². The van der Waals surface area contributed by atoms with Crippen molar-refractivity contribution in [2.45, 2.75) is 0 Å². The molecule has 7 heteroatoms. The van der Waals surface area contributed by atoms with Crippen LogP contribution in [0.25, 0.3) is 10.9 Å². The van der Waals surface area contributed by atoms with Crippen LogP contribution in [0, 0.1) is 0 Å². The van der Waals surface area contributed by atoms with Gasteiger partial charge in [-0.3, -0.25) is 19.8 Å². The van der Waals surface area contributed by atoms with Crippen LogP contribution in [-0.2, 0) is 0 Å². The van der Waals surface area contributed by atoms with E-state index < -0.39 is 5.91 Å². The van der Waals surface area contributed by atoms with Crippen LogP contribution >= 0.6 is 0 Å². The van der Waals surface area contributed by atoms with E-state index in [1.54, 1.807) is 61.1 Å². The molecule has 3 N–H and O–H groups in total. The summed E-state index contributed by atoms with van der Waals surface area (Å²) in [4.78, 5) is 27.9. The second-order valence-corrected chi connectivity index (χ2v) is 5.26. The third-order valence-corrected chi connectivity index (χ3v) is 3.66. The third kappa shape index (κ3) is 3.56. The minimum Gasteiger partial charge on any atom is -0.497 e. The van der Waals surface area contributed by atoms with Gasteiger partial charge >= 0.3 is 0 Å². The van der Waals surface area contributed by atoms with Gasteiger partial charge in [0.15, 0.2) is 0 Å². The molecule has 3 rings (SSSR count). The van der Waals surface area contributed by atoms with E-state index in [-0.39, 0.29) is 11.5 Å². The number of aromatic nitrogens is 1. The normalized spacial score (nSPS) is 10.3. The van der Waals surface area contributed by atoms with E-state index in [1.165, 1.54) is 6.20 Å². The van der Waals surface area contributed by atoms with Crippen molar-refractivity contribution in [3.05, 3.63) is 65.9 Å². The number of fused-ring (bicyclic) bond motifs is 1.